The first-order valence-electron chi connectivity index (χ1n) is 8.10. The predicted octanol–water partition coefficient (Wildman–Crippen LogP) is 2.84. The van der Waals surface area contributed by atoms with Crippen LogP contribution in [0, 0.1) is 20.2 Å². The number of nitro benzene ring substituents is 2. The number of methoxy groups -OCH3 is 2. The molecular formula is C18H13ClN2O11. The lowest BCUT2D eigenvalue weighted by Crippen LogP contribution is -2.06. The summed E-state index contributed by atoms with van der Waals surface area (Å²) in [5.41, 5.74) is -1.60. The van der Waals surface area contributed by atoms with Crippen molar-refractivity contribution in [2.24, 2.45) is 0 Å². The average Bonchev–Trinajstić information content (AvgIpc) is 2.77. The van der Waals surface area contributed by atoms with E-state index in [4.69, 9.17) is 16.7 Å². The van der Waals surface area contributed by atoms with Crippen molar-refractivity contribution in [3.63, 3.8) is 0 Å². The Hall–Kier alpha value is -4.39. The molecule has 0 aliphatic heterocycles. The molecule has 0 amide bonds. The number of hydrogen-bond acceptors (Lipinski definition) is 10. The van der Waals surface area contributed by atoms with Crippen LogP contribution in [0.5, 0.6) is 0 Å². The summed E-state index contributed by atoms with van der Waals surface area (Å²) < 4.78 is 8.74. The van der Waals surface area contributed by atoms with Gasteiger partial charge in [-0.15, -0.1) is 0 Å². The van der Waals surface area contributed by atoms with E-state index < -0.39 is 44.4 Å². The number of carbonyl (C=O) groups excluding carboxylic acids is 3. The Balaban J connectivity index is 0.000000320. The molecule has 0 fully saturated rings. The number of carbonyl (C=O) groups is 4. The number of benzene rings is 2. The van der Waals surface area contributed by atoms with Crippen LogP contribution in [0.3, 0.4) is 0 Å². The van der Waals surface area contributed by atoms with Gasteiger partial charge in [0.2, 0.25) is 0 Å². The van der Waals surface area contributed by atoms with Crippen molar-refractivity contribution < 1.29 is 43.6 Å². The van der Waals surface area contributed by atoms with Crippen LogP contribution < -0.4 is 0 Å². The SMILES string of the molecule is COC(=O)c1cc(C(=O)Cl)cc([N+](=O)[O-])c1.COC(=O)c1cc(C(=O)O)cc([N+](=O)[O-])c1. The molecule has 0 radical (unpaired) electrons. The third-order valence-corrected chi connectivity index (χ3v) is 3.79. The minimum absolute atomic E-state index is 0.0966. The van der Waals surface area contributed by atoms with Gasteiger partial charge in [0, 0.05) is 29.8 Å². The maximum atomic E-state index is 11.2. The summed E-state index contributed by atoms with van der Waals surface area (Å²) in [6.07, 6.45) is 0. The number of nitro groups is 2. The number of ether oxygens (including phenoxy) is 2. The number of nitrogens with zero attached hydrogens (tertiary/aromatic N) is 2. The standard InChI is InChI=1S/C9H6ClNO5.C9H7NO6/c1-16-9(13)6-2-5(8(10)12)3-7(4-6)11(14)15;1-16-9(13)6-2-5(8(11)12)3-7(4-6)10(14)15/h2-4H,1H3;2-4H,1H3,(H,11,12). The Morgan fingerprint density at radius 3 is 1.41 bits per heavy atom. The Kier molecular flexibility index (Phi) is 8.92. The van der Waals surface area contributed by atoms with Crippen molar-refractivity contribution in [2.45, 2.75) is 0 Å². The van der Waals surface area contributed by atoms with Gasteiger partial charge in [-0.25, -0.2) is 14.4 Å². The van der Waals surface area contributed by atoms with Crippen molar-refractivity contribution in [1.29, 1.82) is 0 Å². The van der Waals surface area contributed by atoms with E-state index in [1.54, 1.807) is 0 Å². The topological polar surface area (TPSA) is 193 Å². The van der Waals surface area contributed by atoms with Crippen LogP contribution in [0.4, 0.5) is 11.4 Å². The number of esters is 2. The van der Waals surface area contributed by atoms with E-state index in [9.17, 15) is 39.4 Å². The highest BCUT2D eigenvalue weighted by atomic mass is 35.5. The average molecular weight is 469 g/mol. The predicted molar refractivity (Wildman–Crippen MR) is 106 cm³/mol. The number of rotatable bonds is 6. The van der Waals surface area contributed by atoms with E-state index in [2.05, 4.69) is 9.47 Å². The van der Waals surface area contributed by atoms with E-state index in [1.807, 2.05) is 0 Å². The Labute approximate surface area is 183 Å². The minimum Gasteiger partial charge on any atom is -0.478 e. The highest BCUT2D eigenvalue weighted by Gasteiger charge is 2.18. The molecule has 0 atom stereocenters. The Bertz CT molecular complexity index is 962. The van der Waals surface area contributed by atoms with E-state index in [0.717, 1.165) is 50.6 Å². The molecule has 0 aliphatic rings. The van der Waals surface area contributed by atoms with Crippen LogP contribution in [0.15, 0.2) is 36.4 Å². The van der Waals surface area contributed by atoms with Gasteiger partial charge in [-0.1, -0.05) is 0 Å². The normalized spacial score (nSPS) is 9.59. The van der Waals surface area contributed by atoms with Crippen LogP contribution in [0.2, 0.25) is 0 Å². The van der Waals surface area contributed by atoms with Gasteiger partial charge < -0.3 is 14.6 Å². The van der Waals surface area contributed by atoms with Gasteiger partial charge in [-0.05, 0) is 23.7 Å². The first-order chi connectivity index (χ1) is 14.9. The fraction of sp³-hybridized carbons (Fsp3) is 0.111. The number of carboxylic acid groups (broad SMARTS) is 1. The van der Waals surface area contributed by atoms with Crippen molar-refractivity contribution in [1.82, 2.24) is 0 Å². The highest BCUT2D eigenvalue weighted by Crippen LogP contribution is 2.20. The lowest BCUT2D eigenvalue weighted by molar-refractivity contribution is -0.385. The van der Waals surface area contributed by atoms with Gasteiger partial charge in [-0.2, -0.15) is 0 Å². The molecule has 0 heterocycles. The van der Waals surface area contributed by atoms with Gasteiger partial charge in [0.1, 0.15) is 0 Å². The fourth-order valence-electron chi connectivity index (χ4n) is 2.14. The second kappa shape index (κ2) is 11.1. The highest BCUT2D eigenvalue weighted by molar-refractivity contribution is 6.67. The number of carboxylic acids is 1. The molecule has 2 rings (SSSR count). The molecule has 2 aromatic rings. The minimum atomic E-state index is -1.35. The molecule has 0 spiro atoms. The van der Waals surface area contributed by atoms with Gasteiger partial charge in [-0.3, -0.25) is 25.0 Å². The smallest absolute Gasteiger partial charge is 0.338 e. The summed E-state index contributed by atoms with van der Waals surface area (Å²) in [7, 11) is 2.23. The van der Waals surface area contributed by atoms with Gasteiger partial charge >= 0.3 is 17.9 Å². The second-order valence-electron chi connectivity index (χ2n) is 5.61. The van der Waals surface area contributed by atoms with E-state index in [1.165, 1.54) is 0 Å². The zero-order valence-corrected chi connectivity index (χ0v) is 17.0. The molecule has 0 aromatic heterocycles. The van der Waals surface area contributed by atoms with E-state index in [0.29, 0.717) is 0 Å². The summed E-state index contributed by atoms with van der Waals surface area (Å²) >= 11 is 5.19. The van der Waals surface area contributed by atoms with E-state index >= 15 is 0 Å². The largest absolute Gasteiger partial charge is 0.478 e. The van der Waals surface area contributed by atoms with Gasteiger partial charge in [0.05, 0.1) is 40.8 Å². The van der Waals surface area contributed by atoms with Crippen molar-refractivity contribution in [3.8, 4) is 0 Å². The van der Waals surface area contributed by atoms with Gasteiger partial charge in [0.25, 0.3) is 16.6 Å². The zero-order chi connectivity index (χ0) is 24.6. The van der Waals surface area contributed by atoms with Crippen LogP contribution in [0.25, 0.3) is 0 Å². The van der Waals surface area contributed by atoms with Crippen LogP contribution in [-0.2, 0) is 9.47 Å². The zero-order valence-electron chi connectivity index (χ0n) is 16.3. The summed E-state index contributed by atoms with van der Waals surface area (Å²) in [5.74, 6) is -2.96. The molecule has 13 nitrogen and oxygen atoms in total. The molecule has 0 saturated carbocycles. The molecular weight excluding hydrogens is 456 g/mol. The number of halogens is 1. The molecule has 0 bridgehead atoms. The number of non-ortho nitro benzene ring substituents is 2. The van der Waals surface area contributed by atoms with Crippen molar-refractivity contribution in [3.05, 3.63) is 78.9 Å². The summed E-state index contributed by atoms with van der Waals surface area (Å²) in [4.78, 5) is 63.4. The molecule has 1 N–H and O–H groups in total. The molecule has 0 saturated heterocycles. The molecule has 32 heavy (non-hydrogen) atoms. The van der Waals surface area contributed by atoms with E-state index in [-0.39, 0.29) is 22.3 Å². The van der Waals surface area contributed by atoms with Crippen molar-refractivity contribution >= 4 is 46.1 Å². The molecule has 0 aliphatic carbocycles. The van der Waals surface area contributed by atoms with Crippen LogP contribution in [0.1, 0.15) is 41.4 Å². The maximum Gasteiger partial charge on any atom is 0.338 e. The van der Waals surface area contributed by atoms with Crippen LogP contribution >= 0.6 is 11.6 Å². The summed E-state index contributed by atoms with van der Waals surface area (Å²) in [6, 6.07) is 5.97. The lowest BCUT2D eigenvalue weighted by atomic mass is 10.1. The molecule has 14 heteroatoms. The summed E-state index contributed by atoms with van der Waals surface area (Å²) in [6.45, 7) is 0. The quantitative estimate of drug-likeness (QED) is 0.283. The Morgan fingerprint density at radius 2 is 1.09 bits per heavy atom. The first-order valence-corrected chi connectivity index (χ1v) is 8.47. The fourth-order valence-corrected chi connectivity index (χ4v) is 2.25. The molecule has 168 valence electrons. The monoisotopic (exact) mass is 468 g/mol. The Morgan fingerprint density at radius 1 is 0.750 bits per heavy atom. The van der Waals surface area contributed by atoms with Crippen molar-refractivity contribution in [2.75, 3.05) is 14.2 Å². The maximum absolute atomic E-state index is 11.2. The third-order valence-electron chi connectivity index (χ3n) is 3.57. The van der Waals surface area contributed by atoms with Crippen LogP contribution in [-0.4, -0.2) is 52.3 Å². The summed E-state index contributed by atoms with van der Waals surface area (Å²) in [5, 5.41) is 28.9. The molecule has 2 aromatic carbocycles. The number of hydrogen-bond donors (Lipinski definition) is 1. The second-order valence-corrected chi connectivity index (χ2v) is 5.96. The lowest BCUT2D eigenvalue weighted by Gasteiger charge is -2.01. The number of aromatic carboxylic acids is 1. The first kappa shape index (κ1) is 25.6. The third kappa shape index (κ3) is 6.84. The van der Waals surface area contributed by atoms with Gasteiger partial charge in [0.15, 0.2) is 0 Å². The molecule has 0 unspecified atom stereocenters.